The van der Waals surface area contributed by atoms with Gasteiger partial charge in [-0.15, -0.1) is 6.58 Å². The summed E-state index contributed by atoms with van der Waals surface area (Å²) >= 11 is 0. The lowest BCUT2D eigenvalue weighted by Gasteiger charge is -2.29. The van der Waals surface area contributed by atoms with E-state index in [4.69, 9.17) is 37.9 Å². The Hall–Kier alpha value is -4.26. The van der Waals surface area contributed by atoms with Gasteiger partial charge in [0.05, 0.1) is 106 Å². The monoisotopic (exact) mass is 915 g/mol. The van der Waals surface area contributed by atoms with Gasteiger partial charge in [0, 0.05) is 52.7 Å². The summed E-state index contributed by atoms with van der Waals surface area (Å²) in [5.41, 5.74) is 2.35. The van der Waals surface area contributed by atoms with Crippen LogP contribution in [0.5, 0.6) is 0 Å². The van der Waals surface area contributed by atoms with Gasteiger partial charge in [-0.1, -0.05) is 66.7 Å². The number of amides is 4. The quantitative estimate of drug-likeness (QED) is 0.0728. The van der Waals surface area contributed by atoms with Gasteiger partial charge in [0.25, 0.3) is 0 Å². The van der Waals surface area contributed by atoms with Crippen molar-refractivity contribution < 1.29 is 57.1 Å². The number of hydrogen-bond donors (Lipinski definition) is 2. The highest BCUT2D eigenvalue weighted by atomic mass is 16.6. The molecule has 0 spiro atoms. The zero-order valence-corrected chi connectivity index (χ0v) is 39.2. The van der Waals surface area contributed by atoms with E-state index in [1.807, 2.05) is 60.7 Å². The number of allylic oxidation sites excluding steroid dienone is 1. The van der Waals surface area contributed by atoms with Crippen LogP contribution in [0.1, 0.15) is 49.7 Å². The Morgan fingerprint density at radius 3 is 1.38 bits per heavy atom. The first-order chi connectivity index (χ1) is 31.9. The molecule has 0 aliphatic rings. The summed E-state index contributed by atoms with van der Waals surface area (Å²) in [4.78, 5) is 58.1. The average Bonchev–Trinajstić information content (AvgIpc) is 3.32. The SMILES string of the molecule is C=CCCCC(CC(=O)N(CCOCCOCCOCCOC)CC(=O)NCCCc1ccccc1)C(=O)N(CCOCCOCCOCCOC)CC(=O)NCCCc1ccccc1. The summed E-state index contributed by atoms with van der Waals surface area (Å²) < 4.78 is 43.6. The van der Waals surface area contributed by atoms with Crippen LogP contribution in [-0.2, 0) is 69.9 Å². The first kappa shape index (κ1) is 56.9. The van der Waals surface area contributed by atoms with Crippen molar-refractivity contribution in [2.45, 2.75) is 51.4 Å². The van der Waals surface area contributed by atoms with Gasteiger partial charge in [-0.05, 0) is 56.1 Å². The normalized spacial score (nSPS) is 11.5. The summed E-state index contributed by atoms with van der Waals surface area (Å²) in [6.07, 6.45) is 6.34. The van der Waals surface area contributed by atoms with Crippen molar-refractivity contribution in [3.63, 3.8) is 0 Å². The second-order valence-electron chi connectivity index (χ2n) is 15.2. The van der Waals surface area contributed by atoms with E-state index in [-0.39, 0.29) is 82.7 Å². The van der Waals surface area contributed by atoms with E-state index in [2.05, 4.69) is 17.2 Å². The molecule has 0 saturated heterocycles. The third kappa shape index (κ3) is 30.6. The number of carbonyl (C=O) groups excluding carboxylic acids is 4. The molecule has 1 atom stereocenters. The lowest BCUT2D eigenvalue weighted by atomic mass is 9.95. The Morgan fingerprint density at radius 1 is 0.554 bits per heavy atom. The van der Waals surface area contributed by atoms with E-state index >= 15 is 0 Å². The number of benzene rings is 2. The molecule has 0 bridgehead atoms. The van der Waals surface area contributed by atoms with Crippen molar-refractivity contribution >= 4 is 23.6 Å². The Bertz CT molecular complexity index is 1510. The van der Waals surface area contributed by atoms with Crippen LogP contribution in [0.2, 0.25) is 0 Å². The van der Waals surface area contributed by atoms with Crippen LogP contribution in [0.4, 0.5) is 0 Å². The van der Waals surface area contributed by atoms with Gasteiger partial charge in [0.2, 0.25) is 23.6 Å². The third-order valence-electron chi connectivity index (χ3n) is 10.0. The van der Waals surface area contributed by atoms with Crippen molar-refractivity contribution in [3.8, 4) is 0 Å². The highest BCUT2D eigenvalue weighted by Gasteiger charge is 2.30. The average molecular weight is 915 g/mol. The lowest BCUT2D eigenvalue weighted by Crippen LogP contribution is -2.47. The van der Waals surface area contributed by atoms with Crippen molar-refractivity contribution in [2.75, 3.05) is 146 Å². The molecule has 0 fully saturated rings. The van der Waals surface area contributed by atoms with Crippen LogP contribution in [-0.4, -0.2) is 179 Å². The first-order valence-electron chi connectivity index (χ1n) is 23.1. The van der Waals surface area contributed by atoms with Crippen molar-refractivity contribution in [2.24, 2.45) is 5.92 Å². The molecular formula is C49H78N4O12. The van der Waals surface area contributed by atoms with Gasteiger partial charge in [-0.2, -0.15) is 0 Å². The zero-order chi connectivity index (χ0) is 46.8. The molecule has 16 heteroatoms. The number of carbonyl (C=O) groups is 4. The van der Waals surface area contributed by atoms with Crippen LogP contribution in [0, 0.1) is 5.92 Å². The molecule has 4 amide bonds. The Labute approximate surface area is 387 Å². The molecule has 16 nitrogen and oxygen atoms in total. The molecule has 0 saturated carbocycles. The Balaban J connectivity index is 2.09. The smallest absolute Gasteiger partial charge is 0.239 e. The summed E-state index contributed by atoms with van der Waals surface area (Å²) in [6, 6.07) is 20.1. The molecule has 1 unspecified atom stereocenters. The standard InChI is InChI=1S/C49H78N4O12/c1-4-5-8-21-45(49(57)53(25-27-61-33-35-65-39-37-63-31-29-59-3)42-47(55)51-23-14-20-44-17-11-7-12-18-44)40-48(56)52(24-26-60-32-34-64-38-36-62-30-28-58-2)41-46(54)50-22-13-19-43-15-9-6-10-16-43/h4,6-7,9-12,15-18,45H,1,5,8,13-14,19-42H2,2-3H3,(H,50,54)(H,51,55). The number of nitrogens with one attached hydrogen (secondary N) is 2. The summed E-state index contributed by atoms with van der Waals surface area (Å²) in [7, 11) is 3.23. The van der Waals surface area contributed by atoms with Gasteiger partial charge < -0.3 is 58.3 Å². The van der Waals surface area contributed by atoms with Gasteiger partial charge in [0.15, 0.2) is 0 Å². The van der Waals surface area contributed by atoms with E-state index in [0.29, 0.717) is 98.4 Å². The summed E-state index contributed by atoms with van der Waals surface area (Å²) in [5, 5.41) is 5.90. The van der Waals surface area contributed by atoms with E-state index in [9.17, 15) is 19.2 Å². The fourth-order valence-electron chi connectivity index (χ4n) is 6.48. The summed E-state index contributed by atoms with van der Waals surface area (Å²) in [5.74, 6) is -2.06. The van der Waals surface area contributed by atoms with E-state index in [1.165, 1.54) is 20.9 Å². The molecule has 0 aliphatic carbocycles. The van der Waals surface area contributed by atoms with Crippen molar-refractivity contribution in [1.29, 1.82) is 0 Å². The predicted molar refractivity (Wildman–Crippen MR) is 250 cm³/mol. The second kappa shape index (κ2) is 40.1. The molecule has 2 aromatic carbocycles. The fourth-order valence-corrected chi connectivity index (χ4v) is 6.48. The molecule has 0 aromatic heterocycles. The third-order valence-corrected chi connectivity index (χ3v) is 10.0. The number of rotatable bonds is 43. The van der Waals surface area contributed by atoms with Crippen LogP contribution < -0.4 is 10.6 Å². The largest absolute Gasteiger partial charge is 0.382 e. The number of hydrogen-bond acceptors (Lipinski definition) is 12. The van der Waals surface area contributed by atoms with Crippen LogP contribution in [0.3, 0.4) is 0 Å². The number of unbranched alkanes of at least 4 members (excludes halogenated alkanes) is 1. The van der Waals surface area contributed by atoms with Crippen molar-refractivity contribution in [1.82, 2.24) is 20.4 Å². The van der Waals surface area contributed by atoms with E-state index in [1.54, 1.807) is 20.3 Å². The van der Waals surface area contributed by atoms with Crippen LogP contribution in [0.25, 0.3) is 0 Å². The number of aryl methyl sites for hydroxylation is 2. The number of ether oxygens (including phenoxy) is 8. The van der Waals surface area contributed by atoms with Gasteiger partial charge in [0.1, 0.15) is 0 Å². The Morgan fingerprint density at radius 2 is 0.954 bits per heavy atom. The minimum atomic E-state index is -0.758. The molecular weight excluding hydrogens is 837 g/mol. The van der Waals surface area contributed by atoms with Crippen LogP contribution in [0.15, 0.2) is 73.3 Å². The maximum Gasteiger partial charge on any atom is 0.239 e. The maximum absolute atomic E-state index is 14.4. The molecule has 0 heterocycles. The maximum atomic E-state index is 14.4. The molecule has 0 aliphatic heterocycles. The predicted octanol–water partition coefficient (Wildman–Crippen LogP) is 3.90. The molecule has 2 N–H and O–H groups in total. The number of methoxy groups -OCH3 is 2. The summed E-state index contributed by atoms with van der Waals surface area (Å²) in [6.45, 7) is 9.84. The van der Waals surface area contributed by atoms with Gasteiger partial charge >= 0.3 is 0 Å². The van der Waals surface area contributed by atoms with E-state index in [0.717, 1.165) is 25.7 Å². The second-order valence-corrected chi connectivity index (χ2v) is 15.2. The molecule has 2 aromatic rings. The van der Waals surface area contributed by atoms with Gasteiger partial charge in [-0.3, -0.25) is 19.2 Å². The minimum absolute atomic E-state index is 0.132. The van der Waals surface area contributed by atoms with Gasteiger partial charge in [-0.25, -0.2) is 0 Å². The topological polar surface area (TPSA) is 173 Å². The first-order valence-corrected chi connectivity index (χ1v) is 23.1. The fraction of sp³-hybridized carbons (Fsp3) is 0.633. The van der Waals surface area contributed by atoms with E-state index < -0.39 is 5.92 Å². The van der Waals surface area contributed by atoms with Crippen LogP contribution >= 0.6 is 0 Å². The lowest BCUT2D eigenvalue weighted by molar-refractivity contribution is -0.145. The highest BCUT2D eigenvalue weighted by Crippen LogP contribution is 2.19. The molecule has 0 radical (unpaired) electrons. The zero-order valence-electron chi connectivity index (χ0n) is 39.2. The Kier molecular flexibility index (Phi) is 35.0. The molecule has 366 valence electrons. The minimum Gasteiger partial charge on any atom is -0.382 e. The number of nitrogens with zero attached hydrogens (tertiary/aromatic N) is 2. The molecule has 2 rings (SSSR count). The highest BCUT2D eigenvalue weighted by molar-refractivity contribution is 5.90. The van der Waals surface area contributed by atoms with Crippen molar-refractivity contribution in [3.05, 3.63) is 84.4 Å². The molecule has 65 heavy (non-hydrogen) atoms.